The molecule has 0 fully saturated rings. The molecule has 6 heteroatoms. The van der Waals surface area contributed by atoms with Crippen LogP contribution in [0.5, 0.6) is 0 Å². The predicted molar refractivity (Wildman–Crippen MR) is 46.4 cm³/mol. The summed E-state index contributed by atoms with van der Waals surface area (Å²) in [7, 11) is 0. The van der Waals surface area contributed by atoms with Crippen LogP contribution >= 0.6 is 0 Å². The minimum absolute atomic E-state index is 0. The van der Waals surface area contributed by atoms with Crippen LogP contribution in [-0.4, -0.2) is 15.8 Å². The monoisotopic (exact) mass is 270 g/mol. The van der Waals surface area contributed by atoms with E-state index in [1.807, 2.05) is 0 Å². The molecule has 0 aliphatic carbocycles. The average molecular weight is 270 g/mol. The van der Waals surface area contributed by atoms with Crippen molar-refractivity contribution in [2.75, 3.05) is 0 Å². The molecule has 0 saturated heterocycles. The third-order valence-corrected chi connectivity index (χ3v) is 1.70. The summed E-state index contributed by atoms with van der Waals surface area (Å²) in [6, 6.07) is 0. The third kappa shape index (κ3) is 2.99. The number of aromatic amines is 1. The van der Waals surface area contributed by atoms with Gasteiger partial charge in [0.25, 0.3) is 5.56 Å². The third-order valence-electron chi connectivity index (χ3n) is 1.70. The Morgan fingerprint density at radius 3 is 2.64 bits per heavy atom. The van der Waals surface area contributed by atoms with Crippen molar-refractivity contribution in [2.24, 2.45) is 0 Å². The van der Waals surface area contributed by atoms with Crippen LogP contribution in [0.4, 0.5) is 0 Å². The molecule has 5 nitrogen and oxygen atoms in total. The van der Waals surface area contributed by atoms with E-state index in [9.17, 15) is 14.4 Å². The first-order valence-electron chi connectivity index (χ1n) is 3.86. The van der Waals surface area contributed by atoms with Gasteiger partial charge in [-0.25, -0.2) is 11.1 Å². The smallest absolute Gasteiger partial charge is 0.326 e. The Bertz CT molecular complexity index is 421. The van der Waals surface area contributed by atoms with E-state index in [4.69, 9.17) is 0 Å². The number of aromatic nitrogens is 2. The van der Waals surface area contributed by atoms with Gasteiger partial charge in [-0.1, -0.05) is 13.5 Å². The minimum atomic E-state index is -0.578. The summed E-state index contributed by atoms with van der Waals surface area (Å²) < 4.78 is 1.12. The van der Waals surface area contributed by atoms with Gasteiger partial charge < -0.3 is 9.36 Å². The molecule has 1 rings (SSSR count). The summed E-state index contributed by atoms with van der Waals surface area (Å²) in [4.78, 5) is 34.2. The number of hydrogen-bond donors (Lipinski definition) is 1. The van der Waals surface area contributed by atoms with Gasteiger partial charge in [-0.05, 0) is 6.42 Å². The Morgan fingerprint density at radius 2 is 2.14 bits per heavy atom. The van der Waals surface area contributed by atoms with Gasteiger partial charge in [0.1, 0.15) is 0 Å². The van der Waals surface area contributed by atoms with E-state index < -0.39 is 11.2 Å². The van der Waals surface area contributed by atoms with Crippen molar-refractivity contribution in [3.8, 4) is 0 Å². The molecule has 1 heterocycles. The van der Waals surface area contributed by atoms with Gasteiger partial charge in [0.05, 0.1) is 0 Å². The summed E-state index contributed by atoms with van der Waals surface area (Å²) >= 11 is 0. The Balaban J connectivity index is 0.00000169. The van der Waals surface area contributed by atoms with Crippen molar-refractivity contribution in [3.05, 3.63) is 32.6 Å². The molecule has 73 valence electrons. The van der Waals surface area contributed by atoms with Crippen molar-refractivity contribution >= 4 is 6.29 Å². The SMILES string of the molecule is CCc1cn(C[C-]=O)c(=O)[nH]c1=O.[Y]. The van der Waals surface area contributed by atoms with Gasteiger partial charge in [-0.3, -0.25) is 9.78 Å². The maximum atomic E-state index is 11.1. The van der Waals surface area contributed by atoms with Crippen molar-refractivity contribution in [1.29, 1.82) is 0 Å². The minimum Gasteiger partial charge on any atom is -0.540 e. The van der Waals surface area contributed by atoms with Crippen LogP contribution in [0.15, 0.2) is 15.8 Å². The van der Waals surface area contributed by atoms with Gasteiger partial charge in [0.2, 0.25) is 0 Å². The molecule has 1 N–H and O–H groups in total. The zero-order chi connectivity index (χ0) is 9.84. The van der Waals surface area contributed by atoms with Gasteiger partial charge >= 0.3 is 5.69 Å². The molecule has 0 amide bonds. The number of nitrogens with zero attached hydrogens (tertiary/aromatic N) is 1. The van der Waals surface area contributed by atoms with Gasteiger partial charge in [0.15, 0.2) is 0 Å². The second-order valence-corrected chi connectivity index (χ2v) is 2.54. The number of H-pyrrole nitrogens is 1. The zero-order valence-corrected chi connectivity index (χ0v) is 10.6. The summed E-state index contributed by atoms with van der Waals surface area (Å²) in [5.74, 6) is 0. The molecule has 1 aromatic heterocycles. The molecular formula is C8H9N2O3Y-. The second kappa shape index (κ2) is 6.03. The standard InChI is InChI=1S/C8H9N2O3.Y/c1-2-6-5-10(3-4-11)8(13)9-7(6)12;/h5H,2-3H2,1H3,(H,9,12,13);/q-1;. The molecule has 0 spiro atoms. The van der Waals surface area contributed by atoms with E-state index >= 15 is 0 Å². The Kier molecular flexibility index (Phi) is 5.80. The summed E-state index contributed by atoms with van der Waals surface area (Å²) in [6.45, 7) is 1.65. The molecule has 1 aromatic rings. The van der Waals surface area contributed by atoms with Crippen LogP contribution in [0.3, 0.4) is 0 Å². The molecule has 14 heavy (non-hydrogen) atoms. The normalized spacial score (nSPS) is 9.21. The summed E-state index contributed by atoms with van der Waals surface area (Å²) in [6.07, 6.45) is 3.49. The van der Waals surface area contributed by atoms with Crippen LogP contribution in [0.25, 0.3) is 0 Å². The largest absolute Gasteiger partial charge is 0.540 e. The summed E-state index contributed by atoms with van der Waals surface area (Å²) in [5, 5.41) is 0. The average Bonchev–Trinajstić information content (AvgIpc) is 2.10. The predicted octanol–water partition coefficient (Wildman–Crippen LogP) is -0.794. The number of hydrogen-bond acceptors (Lipinski definition) is 3. The van der Waals surface area contributed by atoms with Crippen LogP contribution in [0.1, 0.15) is 12.5 Å². The van der Waals surface area contributed by atoms with Crippen molar-refractivity contribution in [2.45, 2.75) is 19.9 Å². The van der Waals surface area contributed by atoms with E-state index in [0.29, 0.717) is 12.0 Å². The number of carbonyl (C=O) groups excluding carboxylic acids is 1. The maximum absolute atomic E-state index is 11.1. The summed E-state index contributed by atoms with van der Waals surface area (Å²) in [5.41, 5.74) is -0.491. The fraction of sp³-hybridized carbons (Fsp3) is 0.375. The quantitative estimate of drug-likeness (QED) is 0.731. The fourth-order valence-corrected chi connectivity index (χ4v) is 0.993. The van der Waals surface area contributed by atoms with Crippen molar-refractivity contribution < 1.29 is 37.5 Å². The molecule has 0 bridgehead atoms. The Labute approximate surface area is 105 Å². The topological polar surface area (TPSA) is 71.9 Å². The van der Waals surface area contributed by atoms with Crippen molar-refractivity contribution in [1.82, 2.24) is 9.55 Å². The van der Waals surface area contributed by atoms with Crippen LogP contribution < -0.4 is 11.2 Å². The first kappa shape index (κ1) is 13.5. The van der Waals surface area contributed by atoms with Crippen LogP contribution in [-0.2, 0) is 50.5 Å². The van der Waals surface area contributed by atoms with E-state index in [1.165, 1.54) is 6.20 Å². The second-order valence-electron chi connectivity index (χ2n) is 2.54. The van der Waals surface area contributed by atoms with E-state index in [0.717, 1.165) is 4.57 Å². The Morgan fingerprint density at radius 1 is 1.50 bits per heavy atom. The van der Waals surface area contributed by atoms with Crippen molar-refractivity contribution in [3.63, 3.8) is 0 Å². The number of rotatable bonds is 3. The zero-order valence-electron chi connectivity index (χ0n) is 7.74. The molecule has 0 saturated carbocycles. The van der Waals surface area contributed by atoms with E-state index in [-0.39, 0.29) is 39.3 Å². The maximum Gasteiger partial charge on any atom is 0.326 e. The molecule has 1 radical (unpaired) electrons. The van der Waals surface area contributed by atoms with E-state index in [1.54, 1.807) is 13.2 Å². The molecule has 0 aromatic carbocycles. The van der Waals surface area contributed by atoms with E-state index in [2.05, 4.69) is 4.98 Å². The first-order valence-corrected chi connectivity index (χ1v) is 3.86. The molecule has 0 atom stereocenters. The van der Waals surface area contributed by atoms with Gasteiger partial charge in [-0.15, -0.1) is 0 Å². The molecule has 0 aliphatic heterocycles. The number of nitrogens with one attached hydrogen (secondary N) is 1. The Hall–Kier alpha value is -0.546. The molecule has 0 unspecified atom stereocenters. The molecular weight excluding hydrogens is 261 g/mol. The van der Waals surface area contributed by atoms with Gasteiger partial charge in [0, 0.05) is 44.5 Å². The molecule has 0 aliphatic rings. The van der Waals surface area contributed by atoms with Gasteiger partial charge in [-0.2, -0.15) is 0 Å². The number of aryl methyl sites for hydroxylation is 1. The first-order chi connectivity index (χ1) is 6.19. The van der Waals surface area contributed by atoms with Crippen LogP contribution in [0.2, 0.25) is 0 Å². The van der Waals surface area contributed by atoms with Crippen LogP contribution in [0, 0.1) is 0 Å². The fourth-order valence-electron chi connectivity index (χ4n) is 0.993.